The van der Waals surface area contributed by atoms with Gasteiger partial charge in [0.15, 0.2) is 0 Å². The van der Waals surface area contributed by atoms with Crippen molar-refractivity contribution < 1.29 is 4.79 Å². The number of nitrogen functional groups attached to an aromatic ring is 1. The Morgan fingerprint density at radius 2 is 2.29 bits per heavy atom. The van der Waals surface area contributed by atoms with Crippen LogP contribution in [0.3, 0.4) is 0 Å². The van der Waals surface area contributed by atoms with Gasteiger partial charge in [0, 0.05) is 5.02 Å². The molecule has 0 bridgehead atoms. The molecule has 0 atom stereocenters. The molecule has 0 unspecified atom stereocenters. The summed E-state index contributed by atoms with van der Waals surface area (Å²) in [7, 11) is 0. The Morgan fingerprint density at radius 3 is 2.94 bits per heavy atom. The van der Waals surface area contributed by atoms with Crippen molar-refractivity contribution in [3.05, 3.63) is 34.9 Å². The number of benzene rings is 1. The van der Waals surface area contributed by atoms with Gasteiger partial charge < -0.3 is 11.1 Å². The summed E-state index contributed by atoms with van der Waals surface area (Å²) in [6.07, 6.45) is 0.236. The molecule has 0 fully saturated rings. The molecule has 1 aromatic carbocycles. The highest BCUT2D eigenvalue weighted by Crippen LogP contribution is 2.17. The molecule has 2 aromatic rings. The maximum absolute atomic E-state index is 11.6. The molecule has 0 radical (unpaired) electrons. The van der Waals surface area contributed by atoms with Crippen molar-refractivity contribution in [1.29, 1.82) is 0 Å². The van der Waals surface area contributed by atoms with Crippen LogP contribution in [0, 0.1) is 0 Å². The molecular formula is C10H9ClN4OS. The zero-order valence-electron chi connectivity index (χ0n) is 8.68. The first kappa shape index (κ1) is 11.8. The van der Waals surface area contributed by atoms with Gasteiger partial charge in [0.2, 0.25) is 16.2 Å². The Labute approximate surface area is 107 Å². The van der Waals surface area contributed by atoms with Gasteiger partial charge in [-0.1, -0.05) is 35.1 Å². The minimum absolute atomic E-state index is 0.177. The van der Waals surface area contributed by atoms with Crippen LogP contribution in [0.2, 0.25) is 5.02 Å². The molecule has 0 saturated heterocycles. The third kappa shape index (κ3) is 3.40. The lowest BCUT2D eigenvalue weighted by molar-refractivity contribution is -0.115. The van der Waals surface area contributed by atoms with Crippen LogP contribution >= 0.6 is 22.9 Å². The highest BCUT2D eigenvalue weighted by molar-refractivity contribution is 7.18. The van der Waals surface area contributed by atoms with Crippen molar-refractivity contribution in [3.63, 3.8) is 0 Å². The molecular weight excluding hydrogens is 260 g/mol. The van der Waals surface area contributed by atoms with Gasteiger partial charge in [-0.25, -0.2) is 0 Å². The van der Waals surface area contributed by atoms with E-state index in [1.54, 1.807) is 18.2 Å². The monoisotopic (exact) mass is 268 g/mol. The van der Waals surface area contributed by atoms with Crippen LogP contribution in [-0.2, 0) is 11.2 Å². The fraction of sp³-hybridized carbons (Fsp3) is 0.100. The second kappa shape index (κ2) is 5.11. The number of nitrogens with one attached hydrogen (secondary N) is 1. The standard InChI is InChI=1S/C10H9ClN4OS/c11-7-3-1-2-6(4-7)5-8(16)13-10-15-14-9(12)17-10/h1-4H,5H2,(H2,12,14)(H,13,15,16). The van der Waals surface area contributed by atoms with Crippen molar-refractivity contribution >= 4 is 39.1 Å². The molecule has 1 aromatic heterocycles. The maximum atomic E-state index is 11.6. The highest BCUT2D eigenvalue weighted by atomic mass is 35.5. The van der Waals surface area contributed by atoms with E-state index in [-0.39, 0.29) is 12.3 Å². The number of halogens is 1. The molecule has 0 aliphatic carbocycles. The van der Waals surface area contributed by atoms with Crippen molar-refractivity contribution in [3.8, 4) is 0 Å². The van der Waals surface area contributed by atoms with Crippen LogP contribution in [0.4, 0.5) is 10.3 Å². The number of amides is 1. The minimum Gasteiger partial charge on any atom is -0.374 e. The van der Waals surface area contributed by atoms with E-state index >= 15 is 0 Å². The van der Waals surface area contributed by atoms with Gasteiger partial charge in [-0.2, -0.15) is 0 Å². The molecule has 88 valence electrons. The SMILES string of the molecule is Nc1nnc(NC(=O)Cc2cccc(Cl)c2)s1. The molecule has 17 heavy (non-hydrogen) atoms. The average Bonchev–Trinajstić information content (AvgIpc) is 2.63. The third-order valence-corrected chi connectivity index (χ3v) is 2.84. The molecule has 7 heteroatoms. The summed E-state index contributed by atoms with van der Waals surface area (Å²) in [5.41, 5.74) is 6.24. The third-order valence-electron chi connectivity index (χ3n) is 1.94. The second-order valence-corrected chi connectivity index (χ2v) is 4.75. The van der Waals surface area contributed by atoms with E-state index in [9.17, 15) is 4.79 Å². The first-order valence-electron chi connectivity index (χ1n) is 4.77. The summed E-state index contributed by atoms with van der Waals surface area (Å²) in [5.74, 6) is -0.177. The van der Waals surface area contributed by atoms with Crippen molar-refractivity contribution in [2.24, 2.45) is 0 Å². The van der Waals surface area contributed by atoms with Gasteiger partial charge >= 0.3 is 0 Å². The Bertz CT molecular complexity index is 543. The molecule has 0 aliphatic rings. The lowest BCUT2D eigenvalue weighted by atomic mass is 10.1. The summed E-state index contributed by atoms with van der Waals surface area (Å²) in [5, 5.41) is 11.2. The summed E-state index contributed by atoms with van der Waals surface area (Å²) in [4.78, 5) is 11.6. The van der Waals surface area contributed by atoms with Crippen LogP contribution in [0.25, 0.3) is 0 Å². The Morgan fingerprint density at radius 1 is 1.47 bits per heavy atom. The van der Waals surface area contributed by atoms with E-state index in [0.29, 0.717) is 15.3 Å². The number of carbonyl (C=O) groups is 1. The Kier molecular flexibility index (Phi) is 3.55. The van der Waals surface area contributed by atoms with E-state index in [2.05, 4.69) is 15.5 Å². The maximum Gasteiger partial charge on any atom is 0.230 e. The normalized spacial score (nSPS) is 10.2. The number of hydrogen-bond acceptors (Lipinski definition) is 5. The van der Waals surface area contributed by atoms with Crippen molar-refractivity contribution in [1.82, 2.24) is 10.2 Å². The number of carbonyl (C=O) groups excluding carboxylic acids is 1. The van der Waals surface area contributed by atoms with E-state index in [1.807, 2.05) is 6.07 Å². The lowest BCUT2D eigenvalue weighted by Crippen LogP contribution is -2.14. The molecule has 2 rings (SSSR count). The molecule has 0 saturated carbocycles. The number of nitrogens with two attached hydrogens (primary N) is 1. The molecule has 0 spiro atoms. The summed E-state index contributed by atoms with van der Waals surface area (Å²) in [6, 6.07) is 7.14. The van der Waals surface area contributed by atoms with Gasteiger partial charge in [0.05, 0.1) is 6.42 Å². The first-order chi connectivity index (χ1) is 8.13. The van der Waals surface area contributed by atoms with Crippen molar-refractivity contribution in [2.75, 3.05) is 11.1 Å². The van der Waals surface area contributed by atoms with Gasteiger partial charge in [0.1, 0.15) is 0 Å². The first-order valence-corrected chi connectivity index (χ1v) is 5.96. The smallest absolute Gasteiger partial charge is 0.230 e. The van der Waals surface area contributed by atoms with Crippen LogP contribution in [-0.4, -0.2) is 16.1 Å². The topological polar surface area (TPSA) is 80.9 Å². The molecule has 5 nitrogen and oxygen atoms in total. The van der Waals surface area contributed by atoms with E-state index < -0.39 is 0 Å². The zero-order chi connectivity index (χ0) is 12.3. The van der Waals surface area contributed by atoms with Crippen LogP contribution in [0.5, 0.6) is 0 Å². The number of anilines is 2. The summed E-state index contributed by atoms with van der Waals surface area (Å²) < 4.78 is 0. The predicted octanol–water partition coefficient (Wildman–Crippen LogP) is 1.95. The van der Waals surface area contributed by atoms with Crippen LogP contribution in [0.15, 0.2) is 24.3 Å². The zero-order valence-corrected chi connectivity index (χ0v) is 10.3. The molecule has 0 aliphatic heterocycles. The lowest BCUT2D eigenvalue weighted by Gasteiger charge is -2.01. The van der Waals surface area contributed by atoms with E-state index in [4.69, 9.17) is 17.3 Å². The largest absolute Gasteiger partial charge is 0.374 e. The summed E-state index contributed by atoms with van der Waals surface area (Å²) in [6.45, 7) is 0. The number of rotatable bonds is 3. The van der Waals surface area contributed by atoms with Gasteiger partial charge in [-0.15, -0.1) is 10.2 Å². The van der Waals surface area contributed by atoms with Gasteiger partial charge in [-0.3, -0.25) is 4.79 Å². The van der Waals surface area contributed by atoms with Gasteiger partial charge in [-0.05, 0) is 17.7 Å². The Hall–Kier alpha value is -1.66. The van der Waals surface area contributed by atoms with E-state index in [0.717, 1.165) is 16.9 Å². The summed E-state index contributed by atoms with van der Waals surface area (Å²) >= 11 is 6.95. The van der Waals surface area contributed by atoms with Crippen molar-refractivity contribution in [2.45, 2.75) is 6.42 Å². The average molecular weight is 269 g/mol. The molecule has 3 N–H and O–H groups in total. The quantitative estimate of drug-likeness (QED) is 0.892. The fourth-order valence-corrected chi connectivity index (χ4v) is 2.02. The fourth-order valence-electron chi connectivity index (χ4n) is 1.28. The highest BCUT2D eigenvalue weighted by Gasteiger charge is 2.07. The number of nitrogens with zero attached hydrogens (tertiary/aromatic N) is 2. The van der Waals surface area contributed by atoms with Gasteiger partial charge in [0.25, 0.3) is 0 Å². The van der Waals surface area contributed by atoms with Crippen LogP contribution in [0.1, 0.15) is 5.56 Å². The number of hydrogen-bond donors (Lipinski definition) is 2. The van der Waals surface area contributed by atoms with Crippen LogP contribution < -0.4 is 11.1 Å². The molecule has 1 amide bonds. The second-order valence-electron chi connectivity index (χ2n) is 3.30. The predicted molar refractivity (Wildman–Crippen MR) is 68.1 cm³/mol. The molecule has 1 heterocycles. The number of aromatic nitrogens is 2. The van der Waals surface area contributed by atoms with E-state index in [1.165, 1.54) is 0 Å². The Balaban J connectivity index is 1.98. The minimum atomic E-state index is -0.177.